The number of piperidine rings is 2. The molecule has 14 heteroatoms. The average molecular weight is 564 g/mol. The Balaban J connectivity index is 1.39. The van der Waals surface area contributed by atoms with Crippen molar-refractivity contribution in [2.24, 2.45) is 22.9 Å². The highest BCUT2D eigenvalue weighted by molar-refractivity contribution is 6.06. The lowest BCUT2D eigenvalue weighted by molar-refractivity contribution is 0.102. The third-order valence-corrected chi connectivity index (χ3v) is 7.07. The van der Waals surface area contributed by atoms with Gasteiger partial charge in [0.25, 0.3) is 5.91 Å². The summed E-state index contributed by atoms with van der Waals surface area (Å²) in [6, 6.07) is 10.9. The van der Waals surface area contributed by atoms with E-state index in [1.807, 2.05) is 9.80 Å². The van der Waals surface area contributed by atoms with E-state index in [9.17, 15) is 15.0 Å². The maximum absolute atomic E-state index is 12.8. The smallest absolute Gasteiger partial charge is 0.259 e. The standard InChI is InChI=1S/C27H37N11O3/c28-16-7-17(29)11-37(10-16)26-34-25(35-27(36-26)38-12-18(30)8-19(31)13-38)33-21-4-5-22(23(40)9-21)24(41)32-20-3-1-2-15(6-20)14-39/h1-6,9,16-19,39-40H,7-8,10-14,28-31H2,(H,32,41)(H,33,34,35,36)/t16-,17+,18-,19+. The third kappa shape index (κ3) is 6.99. The van der Waals surface area contributed by atoms with Crippen LogP contribution in [0.1, 0.15) is 28.8 Å². The van der Waals surface area contributed by atoms with E-state index < -0.39 is 5.91 Å². The minimum Gasteiger partial charge on any atom is -0.507 e. The lowest BCUT2D eigenvalue weighted by atomic mass is 10.0. The second-order valence-corrected chi connectivity index (χ2v) is 10.8. The Hall–Kier alpha value is -4.08. The average Bonchev–Trinajstić information content (AvgIpc) is 2.92. The molecule has 218 valence electrons. The number of rotatable bonds is 7. The van der Waals surface area contributed by atoms with Crippen LogP contribution in [0.15, 0.2) is 42.5 Å². The van der Waals surface area contributed by atoms with Crippen LogP contribution in [-0.2, 0) is 6.61 Å². The summed E-state index contributed by atoms with van der Waals surface area (Å²) in [6.45, 7) is 2.02. The Labute approximate surface area is 237 Å². The summed E-state index contributed by atoms with van der Waals surface area (Å²) in [5.41, 5.74) is 26.6. The van der Waals surface area contributed by atoms with Crippen LogP contribution in [0.25, 0.3) is 0 Å². The molecule has 14 nitrogen and oxygen atoms in total. The first kappa shape index (κ1) is 28.4. The van der Waals surface area contributed by atoms with Crippen LogP contribution in [0, 0.1) is 0 Å². The van der Waals surface area contributed by atoms with Gasteiger partial charge in [-0.25, -0.2) is 0 Å². The Morgan fingerprint density at radius 3 is 1.95 bits per heavy atom. The number of carbonyl (C=O) groups excluding carboxylic acids is 1. The van der Waals surface area contributed by atoms with Gasteiger partial charge < -0.3 is 53.6 Å². The largest absolute Gasteiger partial charge is 0.507 e. The summed E-state index contributed by atoms with van der Waals surface area (Å²) in [4.78, 5) is 30.7. The first-order chi connectivity index (χ1) is 19.7. The first-order valence-electron chi connectivity index (χ1n) is 13.6. The van der Waals surface area contributed by atoms with E-state index in [2.05, 4.69) is 20.6 Å². The van der Waals surface area contributed by atoms with Gasteiger partial charge in [0, 0.05) is 67.8 Å². The van der Waals surface area contributed by atoms with Crippen molar-refractivity contribution < 1.29 is 15.0 Å². The van der Waals surface area contributed by atoms with Gasteiger partial charge in [0.15, 0.2) is 0 Å². The minimum absolute atomic E-state index is 0.0783. The number of aromatic nitrogens is 3. The van der Waals surface area contributed by atoms with Gasteiger partial charge in [-0.3, -0.25) is 4.79 Å². The van der Waals surface area contributed by atoms with Crippen LogP contribution < -0.4 is 43.4 Å². The molecule has 3 aromatic rings. The van der Waals surface area contributed by atoms with E-state index >= 15 is 0 Å². The van der Waals surface area contributed by atoms with E-state index in [0.717, 1.165) is 0 Å². The number of nitrogens with one attached hydrogen (secondary N) is 2. The molecule has 1 aromatic heterocycles. The fourth-order valence-corrected chi connectivity index (χ4v) is 5.25. The molecule has 12 N–H and O–H groups in total. The highest BCUT2D eigenvalue weighted by Gasteiger charge is 2.29. The molecule has 2 aliphatic rings. The highest BCUT2D eigenvalue weighted by atomic mass is 16.3. The van der Waals surface area contributed by atoms with Gasteiger partial charge in [-0.2, -0.15) is 15.0 Å². The van der Waals surface area contributed by atoms with Crippen molar-refractivity contribution >= 4 is 35.1 Å². The van der Waals surface area contributed by atoms with Crippen LogP contribution in [-0.4, -0.2) is 81.4 Å². The molecule has 0 spiro atoms. The molecule has 2 aliphatic heterocycles. The molecule has 0 unspecified atom stereocenters. The van der Waals surface area contributed by atoms with Gasteiger partial charge in [0.1, 0.15) is 5.75 Å². The van der Waals surface area contributed by atoms with Crippen molar-refractivity contribution in [2.45, 2.75) is 43.6 Å². The molecular formula is C27H37N11O3. The van der Waals surface area contributed by atoms with E-state index in [-0.39, 0.29) is 48.0 Å². The number of aliphatic hydroxyl groups excluding tert-OH is 1. The Morgan fingerprint density at radius 1 is 0.829 bits per heavy atom. The van der Waals surface area contributed by atoms with Crippen LogP contribution in [0.2, 0.25) is 0 Å². The minimum atomic E-state index is -0.496. The molecule has 0 radical (unpaired) electrons. The maximum atomic E-state index is 12.8. The van der Waals surface area contributed by atoms with Crippen molar-refractivity contribution in [3.05, 3.63) is 53.6 Å². The Bertz CT molecular complexity index is 1330. The third-order valence-electron chi connectivity index (χ3n) is 7.07. The number of phenolic OH excluding ortho intramolecular Hbond substituents is 1. The molecule has 2 saturated heterocycles. The van der Waals surface area contributed by atoms with Crippen LogP contribution in [0.5, 0.6) is 5.75 Å². The summed E-state index contributed by atoms with van der Waals surface area (Å²) in [6.07, 6.45) is 1.42. The SMILES string of the molecule is N[C@@H]1C[C@H](N)CN(c2nc(Nc3ccc(C(=O)Nc4cccc(CO)c4)c(O)c3)nc(N3C[C@H](N)C[C@H](N)C3)n2)C1. The second-order valence-electron chi connectivity index (χ2n) is 10.8. The lowest BCUT2D eigenvalue weighted by Crippen LogP contribution is -2.54. The summed E-state index contributed by atoms with van der Waals surface area (Å²) in [5.74, 6) is 0.343. The van der Waals surface area contributed by atoms with E-state index in [0.29, 0.717) is 67.9 Å². The zero-order valence-corrected chi connectivity index (χ0v) is 22.6. The van der Waals surface area contributed by atoms with Gasteiger partial charge in [0.05, 0.1) is 12.2 Å². The summed E-state index contributed by atoms with van der Waals surface area (Å²) < 4.78 is 0. The number of nitrogens with zero attached hydrogens (tertiary/aromatic N) is 5. The molecule has 0 aliphatic carbocycles. The summed E-state index contributed by atoms with van der Waals surface area (Å²) in [5, 5.41) is 25.9. The highest BCUT2D eigenvalue weighted by Crippen LogP contribution is 2.27. The lowest BCUT2D eigenvalue weighted by Gasteiger charge is -2.37. The van der Waals surface area contributed by atoms with E-state index in [4.69, 9.17) is 27.9 Å². The molecule has 0 bridgehead atoms. The van der Waals surface area contributed by atoms with Gasteiger partial charge in [0.2, 0.25) is 17.8 Å². The quantitative estimate of drug-likeness (QED) is 0.186. The summed E-state index contributed by atoms with van der Waals surface area (Å²) in [7, 11) is 0. The molecule has 1 amide bonds. The second kappa shape index (κ2) is 12.2. The number of phenols is 1. The maximum Gasteiger partial charge on any atom is 0.259 e. The number of amides is 1. The molecular weight excluding hydrogens is 526 g/mol. The molecule has 3 heterocycles. The molecule has 4 atom stereocenters. The monoisotopic (exact) mass is 563 g/mol. The number of hydrogen-bond acceptors (Lipinski definition) is 13. The molecule has 2 fully saturated rings. The Kier molecular flexibility index (Phi) is 8.46. The predicted molar refractivity (Wildman–Crippen MR) is 157 cm³/mol. The normalized spacial score (nSPS) is 22.9. The number of aromatic hydroxyl groups is 1. The number of benzene rings is 2. The van der Waals surface area contributed by atoms with Crippen molar-refractivity contribution in [2.75, 3.05) is 46.6 Å². The van der Waals surface area contributed by atoms with Crippen molar-refractivity contribution in [1.29, 1.82) is 0 Å². The number of aliphatic hydroxyl groups is 1. The number of anilines is 5. The van der Waals surface area contributed by atoms with Gasteiger partial charge in [-0.05, 0) is 42.7 Å². The zero-order chi connectivity index (χ0) is 29.1. The topological polar surface area (TPSA) is 231 Å². The first-order valence-corrected chi connectivity index (χ1v) is 13.6. The summed E-state index contributed by atoms with van der Waals surface area (Å²) >= 11 is 0. The molecule has 0 saturated carbocycles. The zero-order valence-electron chi connectivity index (χ0n) is 22.6. The van der Waals surface area contributed by atoms with Gasteiger partial charge in [-0.15, -0.1) is 0 Å². The van der Waals surface area contributed by atoms with Crippen molar-refractivity contribution in [3.8, 4) is 5.75 Å². The fraction of sp³-hybridized carbons (Fsp3) is 0.407. The number of carbonyl (C=O) groups is 1. The van der Waals surface area contributed by atoms with E-state index in [1.165, 1.54) is 12.1 Å². The Morgan fingerprint density at radius 2 is 1.41 bits per heavy atom. The molecule has 5 rings (SSSR count). The fourth-order valence-electron chi connectivity index (χ4n) is 5.25. The van der Waals surface area contributed by atoms with E-state index in [1.54, 1.807) is 30.3 Å². The van der Waals surface area contributed by atoms with Crippen LogP contribution in [0.4, 0.5) is 29.2 Å². The van der Waals surface area contributed by atoms with Crippen molar-refractivity contribution in [1.82, 2.24) is 15.0 Å². The van der Waals surface area contributed by atoms with Crippen molar-refractivity contribution in [3.63, 3.8) is 0 Å². The molecule has 2 aromatic carbocycles. The van der Waals surface area contributed by atoms with Crippen LogP contribution in [0.3, 0.4) is 0 Å². The number of hydrogen-bond donors (Lipinski definition) is 8. The van der Waals surface area contributed by atoms with Gasteiger partial charge >= 0.3 is 0 Å². The van der Waals surface area contributed by atoms with Crippen LogP contribution >= 0.6 is 0 Å². The molecule has 41 heavy (non-hydrogen) atoms. The predicted octanol–water partition coefficient (Wildman–Crippen LogP) is -0.205. The van der Waals surface area contributed by atoms with Gasteiger partial charge in [-0.1, -0.05) is 12.1 Å². The number of nitrogens with two attached hydrogens (primary N) is 4.